The molecule has 2 heterocycles. The van der Waals surface area contributed by atoms with Crippen molar-refractivity contribution in [3.05, 3.63) is 89.7 Å². The summed E-state index contributed by atoms with van der Waals surface area (Å²) in [5.74, 6) is -2.31. The molecule has 1 saturated heterocycles. The minimum atomic E-state index is -1.37. The molecule has 0 saturated carbocycles. The summed E-state index contributed by atoms with van der Waals surface area (Å²) in [6.45, 7) is 0.560. The molecule has 1 aromatic heterocycles. The Bertz CT molecular complexity index is 1520. The number of hydrogen-bond donors (Lipinski definition) is 1. The second kappa shape index (κ2) is 12.0. The molecule has 2 atom stereocenters. The van der Waals surface area contributed by atoms with Gasteiger partial charge in [-0.2, -0.15) is 0 Å². The van der Waals surface area contributed by atoms with Gasteiger partial charge in [-0.05, 0) is 55.3 Å². The van der Waals surface area contributed by atoms with Crippen molar-refractivity contribution in [1.29, 1.82) is 0 Å². The van der Waals surface area contributed by atoms with E-state index < -0.39 is 29.6 Å². The SMILES string of the molecule is COC(=O)c1ccc(N(C(=O)Cn2nnc3ccccc32)[C@@H](C(=O)NC[C@@H]2CCCO2)c2ccccc2F)cc1. The maximum atomic E-state index is 15.3. The van der Waals surface area contributed by atoms with E-state index in [4.69, 9.17) is 9.47 Å². The number of hydrogen-bond acceptors (Lipinski definition) is 7. The van der Waals surface area contributed by atoms with Crippen LogP contribution >= 0.6 is 0 Å². The molecule has 4 aromatic rings. The lowest BCUT2D eigenvalue weighted by molar-refractivity contribution is -0.127. The van der Waals surface area contributed by atoms with E-state index in [-0.39, 0.29) is 36.0 Å². The third kappa shape index (κ3) is 5.69. The summed E-state index contributed by atoms with van der Waals surface area (Å²) in [5, 5.41) is 11.1. The number of carbonyl (C=O) groups excluding carboxylic acids is 3. The van der Waals surface area contributed by atoms with Gasteiger partial charge in [0, 0.05) is 24.4 Å². The van der Waals surface area contributed by atoms with Crippen LogP contribution in [0, 0.1) is 5.82 Å². The highest BCUT2D eigenvalue weighted by Gasteiger charge is 2.35. The molecule has 1 aliphatic rings. The van der Waals surface area contributed by atoms with Crippen molar-refractivity contribution in [2.45, 2.75) is 31.5 Å². The van der Waals surface area contributed by atoms with Crippen molar-refractivity contribution in [2.75, 3.05) is 25.2 Å². The molecule has 0 radical (unpaired) electrons. The fraction of sp³-hybridized carbons (Fsp3) is 0.276. The number of benzene rings is 3. The molecular formula is C29H28FN5O5. The van der Waals surface area contributed by atoms with Gasteiger partial charge in [0.25, 0.3) is 0 Å². The molecule has 10 nitrogen and oxygen atoms in total. The predicted octanol–water partition coefficient (Wildman–Crippen LogP) is 3.43. The van der Waals surface area contributed by atoms with Crippen molar-refractivity contribution in [3.63, 3.8) is 0 Å². The van der Waals surface area contributed by atoms with Crippen LogP contribution in [0.15, 0.2) is 72.8 Å². The third-order valence-corrected chi connectivity index (χ3v) is 6.77. The van der Waals surface area contributed by atoms with Gasteiger partial charge in [0.05, 0.1) is 24.3 Å². The summed E-state index contributed by atoms with van der Waals surface area (Å²) in [7, 11) is 1.27. The Kier molecular flexibility index (Phi) is 8.11. The van der Waals surface area contributed by atoms with E-state index in [2.05, 4.69) is 15.6 Å². The standard InChI is InChI=1S/C29H28FN5O5/c1-39-29(38)19-12-14-20(15-13-19)35(26(36)18-34-25-11-5-4-10-24(25)32-33-34)27(22-8-2-3-9-23(22)30)28(37)31-17-21-7-6-16-40-21/h2-5,8-15,21,27H,6-7,16-18H2,1H3,(H,31,37)/t21-,27+/m0/s1. The van der Waals surface area contributed by atoms with E-state index in [9.17, 15) is 14.4 Å². The molecule has 0 spiro atoms. The first-order valence-electron chi connectivity index (χ1n) is 12.9. The van der Waals surface area contributed by atoms with Crippen LogP contribution in [0.5, 0.6) is 0 Å². The zero-order chi connectivity index (χ0) is 28.1. The number of fused-ring (bicyclic) bond motifs is 1. The Hall–Kier alpha value is -4.64. The molecule has 5 rings (SSSR count). The van der Waals surface area contributed by atoms with Gasteiger partial charge in [-0.3, -0.25) is 14.5 Å². The number of esters is 1. The van der Waals surface area contributed by atoms with Crippen LogP contribution in [-0.2, 0) is 25.6 Å². The second-order valence-corrected chi connectivity index (χ2v) is 9.34. The van der Waals surface area contributed by atoms with Gasteiger partial charge in [0.15, 0.2) is 0 Å². The highest BCUT2D eigenvalue weighted by atomic mass is 19.1. The lowest BCUT2D eigenvalue weighted by Gasteiger charge is -2.32. The van der Waals surface area contributed by atoms with Gasteiger partial charge in [-0.1, -0.05) is 35.5 Å². The highest BCUT2D eigenvalue weighted by molar-refractivity contribution is 6.02. The number of methoxy groups -OCH3 is 1. The maximum Gasteiger partial charge on any atom is 0.337 e. The maximum absolute atomic E-state index is 15.3. The summed E-state index contributed by atoms with van der Waals surface area (Å²) in [6, 6.07) is 17.6. The number of ether oxygens (including phenoxy) is 2. The van der Waals surface area contributed by atoms with Crippen LogP contribution in [0.3, 0.4) is 0 Å². The fourth-order valence-electron chi connectivity index (χ4n) is 4.76. The van der Waals surface area contributed by atoms with Crippen molar-refractivity contribution in [3.8, 4) is 0 Å². The number of nitrogens with one attached hydrogen (secondary N) is 1. The van der Waals surface area contributed by atoms with E-state index in [1.54, 1.807) is 24.3 Å². The number of para-hydroxylation sites is 1. The van der Waals surface area contributed by atoms with Crippen LogP contribution in [0.2, 0.25) is 0 Å². The van der Waals surface area contributed by atoms with E-state index in [1.807, 2.05) is 6.07 Å². The van der Waals surface area contributed by atoms with Crippen molar-refractivity contribution < 1.29 is 28.2 Å². The normalized spacial score (nSPS) is 15.5. The fourth-order valence-corrected chi connectivity index (χ4v) is 4.76. The Balaban J connectivity index is 1.56. The minimum absolute atomic E-state index is 0.0150. The Morgan fingerprint density at radius 3 is 2.58 bits per heavy atom. The molecule has 11 heteroatoms. The molecule has 0 unspecified atom stereocenters. The topological polar surface area (TPSA) is 116 Å². The van der Waals surface area contributed by atoms with Crippen LogP contribution < -0.4 is 10.2 Å². The van der Waals surface area contributed by atoms with E-state index in [0.29, 0.717) is 17.6 Å². The minimum Gasteiger partial charge on any atom is -0.465 e. The summed E-state index contributed by atoms with van der Waals surface area (Å²) in [6.07, 6.45) is 1.53. The van der Waals surface area contributed by atoms with Crippen molar-refractivity contribution >= 4 is 34.5 Å². The van der Waals surface area contributed by atoms with Gasteiger partial charge in [-0.25, -0.2) is 13.9 Å². The first-order valence-corrected chi connectivity index (χ1v) is 12.9. The zero-order valence-corrected chi connectivity index (χ0v) is 21.8. The van der Waals surface area contributed by atoms with Crippen LogP contribution in [0.1, 0.15) is 34.8 Å². The predicted molar refractivity (Wildman–Crippen MR) is 144 cm³/mol. The summed E-state index contributed by atoms with van der Waals surface area (Å²) < 4.78 is 27.1. The molecule has 1 N–H and O–H groups in total. The molecule has 1 aliphatic heterocycles. The molecule has 40 heavy (non-hydrogen) atoms. The lowest BCUT2D eigenvalue weighted by Crippen LogP contribution is -2.47. The van der Waals surface area contributed by atoms with E-state index in [0.717, 1.165) is 12.8 Å². The average Bonchev–Trinajstić information content (AvgIpc) is 3.65. The van der Waals surface area contributed by atoms with E-state index >= 15 is 4.39 Å². The largest absolute Gasteiger partial charge is 0.465 e. The summed E-state index contributed by atoms with van der Waals surface area (Å²) in [4.78, 5) is 41.1. The Morgan fingerprint density at radius 1 is 1.10 bits per heavy atom. The first kappa shape index (κ1) is 26.9. The van der Waals surface area contributed by atoms with Crippen LogP contribution in [-0.4, -0.2) is 59.1 Å². The Labute approximate surface area is 229 Å². The summed E-state index contributed by atoms with van der Waals surface area (Å²) >= 11 is 0. The van der Waals surface area contributed by atoms with Gasteiger partial charge in [0.1, 0.15) is 23.9 Å². The summed E-state index contributed by atoms with van der Waals surface area (Å²) in [5.41, 5.74) is 1.78. The van der Waals surface area contributed by atoms with E-state index in [1.165, 1.54) is 59.2 Å². The van der Waals surface area contributed by atoms with Crippen molar-refractivity contribution in [1.82, 2.24) is 20.3 Å². The number of anilines is 1. The average molecular weight is 546 g/mol. The number of carbonyl (C=O) groups is 3. The quantitative estimate of drug-likeness (QED) is 0.321. The zero-order valence-electron chi connectivity index (χ0n) is 21.8. The Morgan fingerprint density at radius 2 is 1.85 bits per heavy atom. The van der Waals surface area contributed by atoms with Gasteiger partial charge < -0.3 is 14.8 Å². The molecule has 206 valence electrons. The molecular weight excluding hydrogens is 517 g/mol. The number of amides is 2. The molecule has 1 fully saturated rings. The van der Waals surface area contributed by atoms with Crippen LogP contribution in [0.25, 0.3) is 11.0 Å². The highest BCUT2D eigenvalue weighted by Crippen LogP contribution is 2.31. The molecule has 3 aromatic carbocycles. The number of nitrogens with zero attached hydrogens (tertiary/aromatic N) is 4. The monoisotopic (exact) mass is 545 g/mol. The van der Waals surface area contributed by atoms with Crippen LogP contribution in [0.4, 0.5) is 10.1 Å². The number of halogens is 1. The number of rotatable bonds is 9. The number of aromatic nitrogens is 3. The molecule has 0 bridgehead atoms. The molecule has 2 amide bonds. The van der Waals surface area contributed by atoms with Gasteiger partial charge >= 0.3 is 5.97 Å². The second-order valence-electron chi connectivity index (χ2n) is 9.34. The molecule has 0 aliphatic carbocycles. The first-order chi connectivity index (χ1) is 19.5. The van der Waals surface area contributed by atoms with Gasteiger partial charge in [-0.15, -0.1) is 5.10 Å². The van der Waals surface area contributed by atoms with Crippen molar-refractivity contribution in [2.24, 2.45) is 0 Å². The van der Waals surface area contributed by atoms with Gasteiger partial charge in [0.2, 0.25) is 11.8 Å². The lowest BCUT2D eigenvalue weighted by atomic mass is 10.0. The smallest absolute Gasteiger partial charge is 0.337 e. The third-order valence-electron chi connectivity index (χ3n) is 6.77.